The lowest BCUT2D eigenvalue weighted by Crippen LogP contribution is -2.04. The first-order valence-corrected chi connectivity index (χ1v) is 6.45. The Morgan fingerprint density at radius 1 is 1.50 bits per heavy atom. The number of methoxy groups -OCH3 is 1. The minimum atomic E-state index is 0.586. The zero-order valence-corrected chi connectivity index (χ0v) is 12.1. The van der Waals surface area contributed by atoms with Gasteiger partial charge in [-0.25, -0.2) is 4.98 Å². The van der Waals surface area contributed by atoms with Crippen LogP contribution in [0.25, 0.3) is 0 Å². The summed E-state index contributed by atoms with van der Waals surface area (Å²) in [6.45, 7) is 1.34. The molecule has 0 saturated heterocycles. The van der Waals surface area contributed by atoms with Crippen LogP contribution in [0.1, 0.15) is 0 Å². The Kier molecular flexibility index (Phi) is 4.57. The highest BCUT2D eigenvalue weighted by Crippen LogP contribution is 2.25. The Hall–Kier alpha value is -1.11. The molecule has 0 aliphatic heterocycles. The average Bonchev–Trinajstić information content (AvgIpc) is 2.78. The summed E-state index contributed by atoms with van der Waals surface area (Å²) in [5.41, 5.74) is 0.863. The van der Waals surface area contributed by atoms with Gasteiger partial charge in [0.1, 0.15) is 5.82 Å². The number of nitrogens with zero attached hydrogens (tertiary/aromatic N) is 3. The van der Waals surface area contributed by atoms with Crippen molar-refractivity contribution in [3.8, 4) is 0 Å². The van der Waals surface area contributed by atoms with Crippen LogP contribution in [-0.2, 0) is 11.3 Å². The van der Waals surface area contributed by atoms with Crippen molar-refractivity contribution in [2.24, 2.45) is 0 Å². The first-order valence-electron chi connectivity index (χ1n) is 5.28. The largest absolute Gasteiger partial charge is 0.383 e. The monoisotopic (exact) mass is 330 g/mol. The third-order valence-corrected chi connectivity index (χ3v) is 3.04. The number of rotatable bonds is 5. The first kappa shape index (κ1) is 13.3. The molecule has 18 heavy (non-hydrogen) atoms. The maximum atomic E-state index is 5.83. The summed E-state index contributed by atoms with van der Waals surface area (Å²) in [7, 11) is 1.66. The van der Waals surface area contributed by atoms with Crippen LogP contribution in [0.15, 0.2) is 29.1 Å². The molecule has 96 valence electrons. The second kappa shape index (κ2) is 6.17. The van der Waals surface area contributed by atoms with Gasteiger partial charge in [0.25, 0.3) is 0 Å². The van der Waals surface area contributed by atoms with Crippen molar-refractivity contribution < 1.29 is 4.74 Å². The van der Waals surface area contributed by atoms with E-state index < -0.39 is 0 Å². The van der Waals surface area contributed by atoms with Crippen molar-refractivity contribution in [1.82, 2.24) is 14.8 Å². The Morgan fingerprint density at radius 2 is 2.33 bits per heavy atom. The molecule has 7 heteroatoms. The summed E-state index contributed by atoms with van der Waals surface area (Å²) in [4.78, 5) is 4.19. The van der Waals surface area contributed by atoms with Crippen LogP contribution in [-0.4, -0.2) is 28.5 Å². The molecule has 0 atom stereocenters. The molecule has 0 amide bonds. The van der Waals surface area contributed by atoms with Gasteiger partial charge >= 0.3 is 0 Å². The van der Waals surface area contributed by atoms with Gasteiger partial charge in [-0.1, -0.05) is 11.6 Å². The van der Waals surface area contributed by atoms with Crippen molar-refractivity contribution in [2.45, 2.75) is 6.54 Å². The molecule has 0 spiro atoms. The van der Waals surface area contributed by atoms with Gasteiger partial charge in [-0.3, -0.25) is 4.68 Å². The molecule has 0 aliphatic rings. The first-order chi connectivity index (χ1) is 8.69. The Bertz CT molecular complexity index is 532. The smallest absolute Gasteiger partial charge is 0.144 e. The molecule has 0 unspecified atom stereocenters. The molecule has 0 aliphatic carbocycles. The van der Waals surface area contributed by atoms with E-state index in [9.17, 15) is 0 Å². The van der Waals surface area contributed by atoms with Gasteiger partial charge in [0.05, 0.1) is 34.5 Å². The van der Waals surface area contributed by atoms with E-state index >= 15 is 0 Å². The zero-order valence-electron chi connectivity index (χ0n) is 9.73. The molecular formula is C11H12BrClN4O. The van der Waals surface area contributed by atoms with Gasteiger partial charge in [-0.2, -0.15) is 5.10 Å². The molecule has 0 saturated carbocycles. The fourth-order valence-corrected chi connectivity index (χ4v) is 2.12. The van der Waals surface area contributed by atoms with E-state index in [4.69, 9.17) is 16.3 Å². The number of halogens is 2. The van der Waals surface area contributed by atoms with E-state index in [1.807, 2.05) is 6.20 Å². The molecule has 2 aromatic heterocycles. The molecule has 1 N–H and O–H groups in total. The second-order valence-corrected chi connectivity index (χ2v) is 4.88. The van der Waals surface area contributed by atoms with Gasteiger partial charge in [-0.15, -0.1) is 0 Å². The van der Waals surface area contributed by atoms with Gasteiger partial charge in [-0.05, 0) is 22.0 Å². The Morgan fingerprint density at radius 3 is 3.06 bits per heavy atom. The maximum absolute atomic E-state index is 5.83. The molecular weight excluding hydrogens is 320 g/mol. The van der Waals surface area contributed by atoms with E-state index in [-0.39, 0.29) is 0 Å². The van der Waals surface area contributed by atoms with Gasteiger partial charge in [0.2, 0.25) is 0 Å². The van der Waals surface area contributed by atoms with Gasteiger partial charge < -0.3 is 10.1 Å². The summed E-state index contributed by atoms with van der Waals surface area (Å²) in [5.74, 6) is 0.700. The molecule has 0 radical (unpaired) electrons. The van der Waals surface area contributed by atoms with Crippen molar-refractivity contribution >= 4 is 39.0 Å². The van der Waals surface area contributed by atoms with E-state index in [1.165, 1.54) is 0 Å². The van der Waals surface area contributed by atoms with E-state index in [1.54, 1.807) is 30.3 Å². The highest BCUT2D eigenvalue weighted by molar-refractivity contribution is 9.10. The summed E-state index contributed by atoms with van der Waals surface area (Å²) < 4.78 is 7.60. The van der Waals surface area contributed by atoms with Crippen LogP contribution in [0.2, 0.25) is 5.02 Å². The number of aromatic nitrogens is 3. The molecule has 0 fully saturated rings. The predicted molar refractivity (Wildman–Crippen MR) is 74.3 cm³/mol. The van der Waals surface area contributed by atoms with Crippen LogP contribution in [0.3, 0.4) is 0 Å². The lowest BCUT2D eigenvalue weighted by atomic mass is 10.4. The van der Waals surface area contributed by atoms with Crippen LogP contribution in [0.4, 0.5) is 11.5 Å². The molecule has 2 rings (SSSR count). The fraction of sp³-hybridized carbons (Fsp3) is 0.273. The zero-order chi connectivity index (χ0) is 13.0. The van der Waals surface area contributed by atoms with E-state index in [0.717, 1.165) is 10.2 Å². The van der Waals surface area contributed by atoms with Crippen molar-refractivity contribution in [3.63, 3.8) is 0 Å². The standard InChI is InChI=1S/C11H12BrClN4O/c1-18-3-2-17-7-9(6-15-17)16-11-10(12)4-8(13)5-14-11/h4-7H,2-3H2,1H3,(H,14,16). The summed E-state index contributed by atoms with van der Waals surface area (Å²) in [6.07, 6.45) is 5.21. The number of pyridine rings is 1. The number of ether oxygens (including phenoxy) is 1. The lowest BCUT2D eigenvalue weighted by molar-refractivity contribution is 0.183. The van der Waals surface area contributed by atoms with Crippen LogP contribution < -0.4 is 5.32 Å². The predicted octanol–water partition coefficient (Wildman–Crippen LogP) is 3.08. The molecule has 0 aromatic carbocycles. The van der Waals surface area contributed by atoms with Gasteiger partial charge in [0, 0.05) is 19.5 Å². The Balaban J connectivity index is 2.06. The minimum Gasteiger partial charge on any atom is -0.383 e. The van der Waals surface area contributed by atoms with E-state index in [2.05, 4.69) is 31.3 Å². The van der Waals surface area contributed by atoms with Gasteiger partial charge in [0.15, 0.2) is 0 Å². The summed E-state index contributed by atoms with van der Waals surface area (Å²) in [5, 5.41) is 7.94. The third-order valence-electron chi connectivity index (χ3n) is 2.23. The summed E-state index contributed by atoms with van der Waals surface area (Å²) in [6, 6.07) is 1.78. The molecule has 2 aromatic rings. The summed E-state index contributed by atoms with van der Waals surface area (Å²) >= 11 is 9.23. The quantitative estimate of drug-likeness (QED) is 0.915. The van der Waals surface area contributed by atoms with Crippen LogP contribution >= 0.6 is 27.5 Å². The average molecular weight is 332 g/mol. The lowest BCUT2D eigenvalue weighted by Gasteiger charge is -2.05. The minimum absolute atomic E-state index is 0.586. The second-order valence-electron chi connectivity index (χ2n) is 3.59. The van der Waals surface area contributed by atoms with E-state index in [0.29, 0.717) is 24.0 Å². The SMILES string of the molecule is COCCn1cc(Nc2ncc(Cl)cc2Br)cn1. The topological polar surface area (TPSA) is 52.0 Å². The maximum Gasteiger partial charge on any atom is 0.144 e. The Labute approximate surface area is 118 Å². The normalized spacial score (nSPS) is 10.6. The molecule has 0 bridgehead atoms. The van der Waals surface area contributed by atoms with Crippen LogP contribution in [0.5, 0.6) is 0 Å². The number of nitrogens with one attached hydrogen (secondary N) is 1. The fourth-order valence-electron chi connectivity index (χ4n) is 1.38. The van der Waals surface area contributed by atoms with Crippen molar-refractivity contribution in [2.75, 3.05) is 19.0 Å². The third kappa shape index (κ3) is 3.44. The molecule has 2 heterocycles. The highest BCUT2D eigenvalue weighted by atomic mass is 79.9. The number of hydrogen-bond acceptors (Lipinski definition) is 4. The van der Waals surface area contributed by atoms with Crippen molar-refractivity contribution in [3.05, 3.63) is 34.2 Å². The van der Waals surface area contributed by atoms with Crippen molar-refractivity contribution in [1.29, 1.82) is 0 Å². The number of hydrogen-bond donors (Lipinski definition) is 1. The van der Waals surface area contributed by atoms with Crippen LogP contribution in [0, 0.1) is 0 Å². The molecule has 5 nitrogen and oxygen atoms in total. The highest BCUT2D eigenvalue weighted by Gasteiger charge is 2.04. The number of anilines is 2.